The summed E-state index contributed by atoms with van der Waals surface area (Å²) in [5.41, 5.74) is 0.214. The number of ether oxygens (including phenoxy) is 2. The van der Waals surface area contributed by atoms with E-state index in [4.69, 9.17) is 9.47 Å². The fraction of sp³-hybridized carbons (Fsp3) is 0.917. The molecule has 0 radical (unpaired) electrons. The number of hydrogen-bond acceptors (Lipinski definition) is 4. The summed E-state index contributed by atoms with van der Waals surface area (Å²) in [6.45, 7) is 2.39. The van der Waals surface area contributed by atoms with E-state index in [-0.39, 0.29) is 11.6 Å². The van der Waals surface area contributed by atoms with Crippen LogP contribution in [0.2, 0.25) is 0 Å². The lowest BCUT2D eigenvalue weighted by Gasteiger charge is -2.34. The molecule has 17 heavy (non-hydrogen) atoms. The number of carbonyl (C=O) groups is 1. The number of carbonyl (C=O) groups excluding carboxylic acids is 1. The van der Waals surface area contributed by atoms with Crippen molar-refractivity contribution in [3.05, 3.63) is 0 Å². The van der Waals surface area contributed by atoms with Gasteiger partial charge in [0.05, 0.1) is 6.61 Å². The highest BCUT2D eigenvalue weighted by Crippen LogP contribution is 2.42. The molecule has 2 atom stereocenters. The Morgan fingerprint density at radius 3 is 3.06 bits per heavy atom. The van der Waals surface area contributed by atoms with Crippen molar-refractivity contribution < 1.29 is 14.3 Å². The Bertz CT molecular complexity index is 285. The van der Waals surface area contributed by atoms with Crippen molar-refractivity contribution >= 4 is 6.09 Å². The molecule has 0 aromatic heterocycles. The predicted octanol–water partition coefficient (Wildman–Crippen LogP) is 0.986. The van der Waals surface area contributed by atoms with Crippen LogP contribution in [0.5, 0.6) is 0 Å². The SMILES string of the molecule is CNC(=O)OC[C@H]1CC[C@@]2(COC)CCCN12. The van der Waals surface area contributed by atoms with E-state index < -0.39 is 0 Å². The minimum absolute atomic E-state index is 0.214. The third-order valence-electron chi connectivity index (χ3n) is 4.06. The molecule has 2 saturated heterocycles. The van der Waals surface area contributed by atoms with Gasteiger partial charge in [-0.1, -0.05) is 0 Å². The molecule has 1 N–H and O–H groups in total. The van der Waals surface area contributed by atoms with Crippen LogP contribution in [0.1, 0.15) is 25.7 Å². The highest BCUT2D eigenvalue weighted by Gasteiger charge is 2.49. The molecule has 0 aromatic rings. The van der Waals surface area contributed by atoms with Crippen LogP contribution in [0.25, 0.3) is 0 Å². The number of nitrogens with zero attached hydrogens (tertiary/aromatic N) is 1. The van der Waals surface area contributed by atoms with Crippen LogP contribution >= 0.6 is 0 Å². The van der Waals surface area contributed by atoms with Crippen molar-refractivity contribution in [1.29, 1.82) is 0 Å². The Morgan fingerprint density at radius 2 is 2.35 bits per heavy atom. The second kappa shape index (κ2) is 5.23. The van der Waals surface area contributed by atoms with E-state index in [0.717, 1.165) is 26.0 Å². The highest BCUT2D eigenvalue weighted by atomic mass is 16.5. The van der Waals surface area contributed by atoms with Gasteiger partial charge in [-0.25, -0.2) is 4.79 Å². The Morgan fingerprint density at radius 1 is 1.53 bits per heavy atom. The van der Waals surface area contributed by atoms with Crippen molar-refractivity contribution in [1.82, 2.24) is 10.2 Å². The summed E-state index contributed by atoms with van der Waals surface area (Å²) >= 11 is 0. The maximum Gasteiger partial charge on any atom is 0.406 e. The first-order valence-corrected chi connectivity index (χ1v) is 6.32. The van der Waals surface area contributed by atoms with Gasteiger partial charge in [0.15, 0.2) is 0 Å². The molecule has 98 valence electrons. The first kappa shape index (κ1) is 12.6. The predicted molar refractivity (Wildman–Crippen MR) is 64.0 cm³/mol. The first-order valence-electron chi connectivity index (χ1n) is 6.32. The van der Waals surface area contributed by atoms with Crippen molar-refractivity contribution in [2.45, 2.75) is 37.3 Å². The second-order valence-electron chi connectivity index (χ2n) is 5.00. The van der Waals surface area contributed by atoms with Crippen LogP contribution in [0, 0.1) is 0 Å². The maximum atomic E-state index is 11.1. The molecule has 0 bridgehead atoms. The lowest BCUT2D eigenvalue weighted by Crippen LogP contribution is -2.47. The molecule has 2 aliphatic heterocycles. The topological polar surface area (TPSA) is 50.8 Å². The Hall–Kier alpha value is -0.810. The molecule has 0 saturated carbocycles. The summed E-state index contributed by atoms with van der Waals surface area (Å²) < 4.78 is 10.5. The van der Waals surface area contributed by atoms with Crippen LogP contribution in [0.3, 0.4) is 0 Å². The highest BCUT2D eigenvalue weighted by molar-refractivity contribution is 5.66. The summed E-state index contributed by atoms with van der Waals surface area (Å²) in [4.78, 5) is 13.6. The lowest BCUT2D eigenvalue weighted by atomic mass is 9.95. The van der Waals surface area contributed by atoms with Crippen molar-refractivity contribution in [3.8, 4) is 0 Å². The van der Waals surface area contributed by atoms with Gasteiger partial charge in [0, 0.05) is 25.7 Å². The quantitative estimate of drug-likeness (QED) is 0.798. The van der Waals surface area contributed by atoms with E-state index in [9.17, 15) is 4.79 Å². The molecular weight excluding hydrogens is 220 g/mol. The van der Waals surface area contributed by atoms with Gasteiger partial charge in [0.1, 0.15) is 6.61 Å². The Balaban J connectivity index is 1.91. The minimum Gasteiger partial charge on any atom is -0.448 e. The number of fused-ring (bicyclic) bond motifs is 1. The zero-order valence-corrected chi connectivity index (χ0v) is 10.7. The summed E-state index contributed by atoms with van der Waals surface area (Å²) in [5.74, 6) is 0. The van der Waals surface area contributed by atoms with Crippen LogP contribution in [-0.4, -0.2) is 56.5 Å². The van der Waals surface area contributed by atoms with Gasteiger partial charge >= 0.3 is 6.09 Å². The normalized spacial score (nSPS) is 32.5. The molecule has 1 amide bonds. The molecule has 0 unspecified atom stereocenters. The number of methoxy groups -OCH3 is 1. The van der Waals surface area contributed by atoms with Crippen LogP contribution in [0.4, 0.5) is 4.79 Å². The zero-order chi connectivity index (χ0) is 12.3. The van der Waals surface area contributed by atoms with Crippen molar-refractivity contribution in [3.63, 3.8) is 0 Å². The van der Waals surface area contributed by atoms with Gasteiger partial charge in [-0.05, 0) is 32.2 Å². The van der Waals surface area contributed by atoms with E-state index >= 15 is 0 Å². The zero-order valence-electron chi connectivity index (χ0n) is 10.7. The second-order valence-corrected chi connectivity index (χ2v) is 5.00. The third kappa shape index (κ3) is 2.40. The van der Waals surface area contributed by atoms with Crippen LogP contribution in [-0.2, 0) is 9.47 Å². The standard InChI is InChI=1S/C12H22N2O3/c1-13-11(15)17-8-10-4-6-12(9-16-2)5-3-7-14(10)12/h10H,3-9H2,1-2H3,(H,13,15)/t10-,12-/m1/s1. The average molecular weight is 242 g/mol. The Labute approximate surface area is 102 Å². The fourth-order valence-corrected chi connectivity index (χ4v) is 3.30. The van der Waals surface area contributed by atoms with Crippen molar-refractivity contribution in [2.24, 2.45) is 0 Å². The van der Waals surface area contributed by atoms with Crippen LogP contribution < -0.4 is 5.32 Å². The molecule has 0 spiro atoms. The molecule has 2 fully saturated rings. The van der Waals surface area contributed by atoms with Gasteiger partial charge in [-0.15, -0.1) is 0 Å². The van der Waals surface area contributed by atoms with Gasteiger partial charge in [0.25, 0.3) is 0 Å². The molecule has 2 heterocycles. The summed E-state index contributed by atoms with van der Waals surface area (Å²) in [7, 11) is 3.35. The van der Waals surface area contributed by atoms with Gasteiger partial charge < -0.3 is 14.8 Å². The summed E-state index contributed by atoms with van der Waals surface area (Å²) in [6, 6.07) is 0.366. The molecule has 2 rings (SSSR count). The van der Waals surface area contributed by atoms with E-state index in [1.54, 1.807) is 14.2 Å². The van der Waals surface area contributed by atoms with Gasteiger partial charge in [0.2, 0.25) is 0 Å². The monoisotopic (exact) mass is 242 g/mol. The Kier molecular flexibility index (Phi) is 3.89. The third-order valence-corrected chi connectivity index (χ3v) is 4.06. The van der Waals surface area contributed by atoms with E-state index in [2.05, 4.69) is 10.2 Å². The fourth-order valence-electron chi connectivity index (χ4n) is 3.30. The smallest absolute Gasteiger partial charge is 0.406 e. The van der Waals surface area contributed by atoms with Gasteiger partial charge in [-0.3, -0.25) is 4.90 Å². The number of rotatable bonds is 4. The van der Waals surface area contributed by atoms with Gasteiger partial charge in [-0.2, -0.15) is 0 Å². The number of hydrogen-bond donors (Lipinski definition) is 1. The molecular formula is C12H22N2O3. The van der Waals surface area contributed by atoms with E-state index in [0.29, 0.717) is 12.6 Å². The van der Waals surface area contributed by atoms with Crippen LogP contribution in [0.15, 0.2) is 0 Å². The maximum absolute atomic E-state index is 11.1. The lowest BCUT2D eigenvalue weighted by molar-refractivity contribution is 0.0331. The first-order chi connectivity index (χ1) is 8.22. The summed E-state index contributed by atoms with van der Waals surface area (Å²) in [6.07, 6.45) is 4.34. The minimum atomic E-state index is -0.339. The molecule has 2 aliphatic rings. The molecule has 0 aromatic carbocycles. The molecule has 5 heteroatoms. The largest absolute Gasteiger partial charge is 0.448 e. The number of amides is 1. The summed E-state index contributed by atoms with van der Waals surface area (Å²) in [5, 5.41) is 2.48. The number of alkyl carbamates (subject to hydrolysis) is 1. The molecule has 0 aliphatic carbocycles. The average Bonchev–Trinajstić information content (AvgIpc) is 2.85. The van der Waals surface area contributed by atoms with E-state index in [1.165, 1.54) is 12.8 Å². The van der Waals surface area contributed by atoms with Crippen molar-refractivity contribution in [2.75, 3.05) is 33.9 Å². The van der Waals surface area contributed by atoms with E-state index in [1.807, 2.05) is 0 Å². The number of nitrogens with one attached hydrogen (secondary N) is 1. The molecule has 5 nitrogen and oxygen atoms in total.